The second-order valence-electron chi connectivity index (χ2n) is 18.5. The quantitative estimate of drug-likeness (QED) is 0.0211. The molecule has 10 heteroatoms. The Morgan fingerprint density at radius 2 is 0.859 bits per heavy atom. The van der Waals surface area contributed by atoms with Crippen LogP contribution >= 0.6 is 7.82 Å². The number of likely N-dealkylation sites (N-methyl/N-ethyl adjacent to an activating group) is 1. The molecular weight excluding hydrogens is 822 g/mol. The standard InChI is InChI=1S/C54H98NO8P/c1-6-8-10-12-14-16-18-20-22-24-26-27-29-30-32-34-36-38-40-42-44-46-53(56)60-50-52(51-62-64(58,59)61-49-48-55(3,4)5)63-54(57)47-45-43-41-39-37-35-33-31-28-25-23-21-19-17-15-13-11-9-7-2/h21-24,27,29,32,34,38,40,52H,6-20,25-26,28,30-31,33,35-37,39,41-51H2,1-5H3/p+1/b23-21+,24-22+,29-27+,34-32+,40-38+/t52-/m1/s1. The minimum absolute atomic E-state index is 0.0211. The number of nitrogens with zero attached hydrogens (tertiary/aromatic N) is 1. The Hall–Kier alpha value is -2.29. The van der Waals surface area contributed by atoms with E-state index in [1.54, 1.807) is 0 Å². The lowest BCUT2D eigenvalue weighted by molar-refractivity contribution is -0.870. The molecule has 0 fully saturated rings. The van der Waals surface area contributed by atoms with E-state index in [0.717, 1.165) is 44.9 Å². The fraction of sp³-hybridized carbons (Fsp3) is 0.778. The number of carbonyl (C=O) groups excluding carboxylic acids is 2. The van der Waals surface area contributed by atoms with Gasteiger partial charge in [-0.1, -0.05) is 190 Å². The van der Waals surface area contributed by atoms with Crippen molar-refractivity contribution in [2.75, 3.05) is 47.5 Å². The zero-order valence-electron chi connectivity index (χ0n) is 42.0. The summed E-state index contributed by atoms with van der Waals surface area (Å²) in [6.07, 6.45) is 57.1. The van der Waals surface area contributed by atoms with Gasteiger partial charge in [-0.15, -0.1) is 0 Å². The van der Waals surface area contributed by atoms with E-state index in [1.165, 1.54) is 135 Å². The highest BCUT2D eigenvalue weighted by Crippen LogP contribution is 2.43. The van der Waals surface area contributed by atoms with Crippen molar-refractivity contribution in [2.24, 2.45) is 0 Å². The van der Waals surface area contributed by atoms with Crippen LogP contribution < -0.4 is 0 Å². The fourth-order valence-corrected chi connectivity index (χ4v) is 7.68. The van der Waals surface area contributed by atoms with Gasteiger partial charge in [0.25, 0.3) is 0 Å². The zero-order valence-corrected chi connectivity index (χ0v) is 42.9. The van der Waals surface area contributed by atoms with E-state index in [2.05, 4.69) is 74.6 Å². The summed E-state index contributed by atoms with van der Waals surface area (Å²) in [5, 5.41) is 0. The number of unbranched alkanes of at least 4 members (excludes halogenated alkanes) is 23. The average Bonchev–Trinajstić information content (AvgIpc) is 3.25. The third-order valence-electron chi connectivity index (χ3n) is 11.0. The van der Waals surface area contributed by atoms with Gasteiger partial charge in [-0.3, -0.25) is 18.6 Å². The van der Waals surface area contributed by atoms with E-state index in [1.807, 2.05) is 21.1 Å². The number of hydrogen-bond acceptors (Lipinski definition) is 7. The van der Waals surface area contributed by atoms with Crippen LogP contribution in [0.2, 0.25) is 0 Å². The molecule has 0 amide bonds. The molecule has 0 saturated heterocycles. The largest absolute Gasteiger partial charge is 0.472 e. The number of hydrogen-bond donors (Lipinski definition) is 1. The molecule has 0 aromatic heterocycles. The molecular formula is C54H99NO8P+. The van der Waals surface area contributed by atoms with Crippen LogP contribution in [0.3, 0.4) is 0 Å². The van der Waals surface area contributed by atoms with Gasteiger partial charge in [0.2, 0.25) is 0 Å². The molecule has 0 aromatic carbocycles. The highest BCUT2D eigenvalue weighted by Gasteiger charge is 2.27. The van der Waals surface area contributed by atoms with Gasteiger partial charge < -0.3 is 18.9 Å². The first-order valence-corrected chi connectivity index (χ1v) is 27.5. The Morgan fingerprint density at radius 1 is 0.484 bits per heavy atom. The zero-order chi connectivity index (χ0) is 47.1. The lowest BCUT2D eigenvalue weighted by Crippen LogP contribution is -2.37. The molecule has 1 N–H and O–H groups in total. The molecule has 0 aromatic rings. The summed E-state index contributed by atoms with van der Waals surface area (Å²) in [4.78, 5) is 35.5. The number of rotatable bonds is 47. The number of ether oxygens (including phenoxy) is 2. The second-order valence-corrected chi connectivity index (χ2v) is 20.0. The smallest absolute Gasteiger partial charge is 0.462 e. The number of carbonyl (C=O) groups is 2. The van der Waals surface area contributed by atoms with Crippen LogP contribution in [0.5, 0.6) is 0 Å². The molecule has 0 radical (unpaired) electrons. The fourth-order valence-electron chi connectivity index (χ4n) is 6.94. The van der Waals surface area contributed by atoms with Crippen LogP contribution in [0.15, 0.2) is 60.8 Å². The average molecular weight is 921 g/mol. The maximum atomic E-state index is 12.8. The molecule has 9 nitrogen and oxygen atoms in total. The molecule has 64 heavy (non-hydrogen) atoms. The van der Waals surface area contributed by atoms with Crippen molar-refractivity contribution in [1.29, 1.82) is 0 Å². The van der Waals surface area contributed by atoms with E-state index in [0.29, 0.717) is 23.9 Å². The van der Waals surface area contributed by atoms with Crippen molar-refractivity contribution in [3.63, 3.8) is 0 Å². The molecule has 0 heterocycles. The maximum Gasteiger partial charge on any atom is 0.472 e. The number of allylic oxidation sites excluding steroid dienone is 10. The van der Waals surface area contributed by atoms with E-state index in [-0.39, 0.29) is 26.1 Å². The molecule has 0 spiro atoms. The highest BCUT2D eigenvalue weighted by atomic mass is 31.2. The van der Waals surface area contributed by atoms with E-state index in [9.17, 15) is 19.0 Å². The SMILES string of the molecule is CCCCCCCC/C=C/CCCCCCCCCCCC(=O)O[C@H](COC(=O)CCC/C=C/C/C=C/C/C=C/C/C=C/CCCCCCCCC)COP(=O)(O)OCC[N+](C)(C)C. The topological polar surface area (TPSA) is 108 Å². The molecule has 0 rings (SSSR count). The molecule has 0 aliphatic carbocycles. The van der Waals surface area contributed by atoms with Gasteiger partial charge in [0, 0.05) is 12.8 Å². The minimum atomic E-state index is -4.40. The van der Waals surface area contributed by atoms with E-state index < -0.39 is 32.5 Å². The molecule has 0 aliphatic heterocycles. The molecule has 2 atom stereocenters. The van der Waals surface area contributed by atoms with Crippen molar-refractivity contribution in [1.82, 2.24) is 0 Å². The van der Waals surface area contributed by atoms with Gasteiger partial charge in [0.15, 0.2) is 6.10 Å². The normalized spacial score (nSPS) is 13.9. The first kappa shape index (κ1) is 61.7. The van der Waals surface area contributed by atoms with Crippen molar-refractivity contribution < 1.29 is 42.1 Å². The Morgan fingerprint density at radius 3 is 1.31 bits per heavy atom. The third kappa shape index (κ3) is 49.2. The van der Waals surface area contributed by atoms with Crippen LogP contribution in [0.25, 0.3) is 0 Å². The molecule has 372 valence electrons. The van der Waals surface area contributed by atoms with Crippen molar-refractivity contribution in [3.05, 3.63) is 60.8 Å². The van der Waals surface area contributed by atoms with Crippen LogP contribution in [-0.2, 0) is 32.7 Å². The lowest BCUT2D eigenvalue weighted by Gasteiger charge is -2.24. The van der Waals surface area contributed by atoms with Gasteiger partial charge in [-0.2, -0.15) is 0 Å². The Bertz CT molecular complexity index is 1270. The summed E-state index contributed by atoms with van der Waals surface area (Å²) in [5.41, 5.74) is 0. The molecule has 0 bridgehead atoms. The van der Waals surface area contributed by atoms with Crippen molar-refractivity contribution >= 4 is 19.8 Å². The van der Waals surface area contributed by atoms with Gasteiger partial charge in [-0.25, -0.2) is 4.57 Å². The summed E-state index contributed by atoms with van der Waals surface area (Å²) < 4.78 is 34.4. The predicted octanol–water partition coefficient (Wildman–Crippen LogP) is 15.6. The van der Waals surface area contributed by atoms with Gasteiger partial charge >= 0.3 is 19.8 Å². The Labute approximate surface area is 394 Å². The van der Waals surface area contributed by atoms with Gasteiger partial charge in [0.05, 0.1) is 27.7 Å². The van der Waals surface area contributed by atoms with Crippen molar-refractivity contribution in [2.45, 2.75) is 225 Å². The first-order chi connectivity index (χ1) is 31.0. The van der Waals surface area contributed by atoms with Crippen LogP contribution in [0, 0.1) is 0 Å². The minimum Gasteiger partial charge on any atom is -0.462 e. The van der Waals surface area contributed by atoms with Crippen LogP contribution in [0.4, 0.5) is 0 Å². The monoisotopic (exact) mass is 921 g/mol. The summed E-state index contributed by atoms with van der Waals surface area (Å²) in [6.45, 7) is 4.37. The predicted molar refractivity (Wildman–Crippen MR) is 270 cm³/mol. The number of phosphoric acid groups is 1. The Kier molecular flexibility index (Phi) is 44.2. The number of phosphoric ester groups is 1. The van der Waals surface area contributed by atoms with Gasteiger partial charge in [-0.05, 0) is 77.0 Å². The first-order valence-electron chi connectivity index (χ1n) is 26.0. The number of esters is 2. The second kappa shape index (κ2) is 45.8. The lowest BCUT2D eigenvalue weighted by atomic mass is 10.1. The molecule has 0 aliphatic rings. The molecule has 1 unspecified atom stereocenters. The van der Waals surface area contributed by atoms with Crippen LogP contribution in [-0.4, -0.2) is 74.9 Å². The summed E-state index contributed by atoms with van der Waals surface area (Å²) in [6, 6.07) is 0. The molecule has 0 saturated carbocycles. The summed E-state index contributed by atoms with van der Waals surface area (Å²) in [7, 11) is 1.44. The summed E-state index contributed by atoms with van der Waals surface area (Å²) in [5.74, 6) is -0.864. The summed E-state index contributed by atoms with van der Waals surface area (Å²) >= 11 is 0. The number of quaternary nitrogens is 1. The van der Waals surface area contributed by atoms with E-state index >= 15 is 0 Å². The van der Waals surface area contributed by atoms with Crippen LogP contribution in [0.1, 0.15) is 219 Å². The highest BCUT2D eigenvalue weighted by molar-refractivity contribution is 7.47. The third-order valence-corrected chi connectivity index (χ3v) is 12.0. The Balaban J connectivity index is 4.35. The van der Waals surface area contributed by atoms with Crippen molar-refractivity contribution in [3.8, 4) is 0 Å². The van der Waals surface area contributed by atoms with E-state index in [4.69, 9.17) is 18.5 Å². The van der Waals surface area contributed by atoms with Gasteiger partial charge in [0.1, 0.15) is 19.8 Å². The maximum absolute atomic E-state index is 12.8.